The van der Waals surface area contributed by atoms with Gasteiger partial charge in [0.1, 0.15) is 11.5 Å². The van der Waals surface area contributed by atoms with Gasteiger partial charge in [0.15, 0.2) is 5.11 Å². The summed E-state index contributed by atoms with van der Waals surface area (Å²) >= 11 is 5.54. The summed E-state index contributed by atoms with van der Waals surface area (Å²) in [6.07, 6.45) is -4.32. The molecule has 0 bridgehead atoms. The summed E-state index contributed by atoms with van der Waals surface area (Å²) in [5, 5.41) is 3.79. The van der Waals surface area contributed by atoms with E-state index in [0.29, 0.717) is 54.9 Å². The fourth-order valence-corrected chi connectivity index (χ4v) is 3.60. The van der Waals surface area contributed by atoms with Crippen LogP contribution in [0.3, 0.4) is 0 Å². The zero-order valence-electron chi connectivity index (χ0n) is 16.8. The predicted octanol–water partition coefficient (Wildman–Crippen LogP) is 4.24. The molecule has 2 aromatic rings. The molecule has 30 heavy (non-hydrogen) atoms. The molecule has 1 N–H and O–H groups in total. The van der Waals surface area contributed by atoms with E-state index in [0.717, 1.165) is 11.8 Å². The number of piperazine rings is 1. The lowest BCUT2D eigenvalue weighted by atomic mass is 10.1. The summed E-state index contributed by atoms with van der Waals surface area (Å²) in [5.74, 6) is 1.31. The highest BCUT2D eigenvalue weighted by Crippen LogP contribution is 2.30. The molecule has 0 radical (unpaired) electrons. The maximum absolute atomic E-state index is 12.9. The van der Waals surface area contributed by atoms with Crippen molar-refractivity contribution in [3.63, 3.8) is 0 Å². The lowest BCUT2D eigenvalue weighted by molar-refractivity contribution is -0.137. The first-order valence-corrected chi connectivity index (χ1v) is 9.87. The minimum Gasteiger partial charge on any atom is -0.497 e. The second kappa shape index (κ2) is 9.53. The van der Waals surface area contributed by atoms with Crippen molar-refractivity contribution < 1.29 is 22.6 Å². The summed E-state index contributed by atoms with van der Waals surface area (Å²) in [5.41, 5.74) is 0.786. The third kappa shape index (κ3) is 5.54. The molecule has 1 fully saturated rings. The molecule has 0 aliphatic carbocycles. The topological polar surface area (TPSA) is 37.0 Å². The maximum atomic E-state index is 12.9. The van der Waals surface area contributed by atoms with E-state index < -0.39 is 11.7 Å². The molecule has 162 valence electrons. The first kappa shape index (κ1) is 22.2. The van der Waals surface area contributed by atoms with Crippen LogP contribution in [0.1, 0.15) is 11.1 Å². The SMILES string of the molecule is COc1ccc(NC(=S)N2CCN(Cc3cccc(C(F)(F)F)c3)CC2)c(OC)c1. The zero-order chi connectivity index (χ0) is 21.7. The first-order valence-electron chi connectivity index (χ1n) is 9.46. The van der Waals surface area contributed by atoms with E-state index in [1.54, 1.807) is 26.4 Å². The van der Waals surface area contributed by atoms with Crippen molar-refractivity contribution >= 4 is 23.0 Å². The maximum Gasteiger partial charge on any atom is 0.416 e. The number of alkyl halides is 3. The quantitative estimate of drug-likeness (QED) is 0.703. The molecule has 9 heteroatoms. The van der Waals surface area contributed by atoms with Gasteiger partial charge >= 0.3 is 6.18 Å². The predicted molar refractivity (Wildman–Crippen MR) is 114 cm³/mol. The minimum absolute atomic E-state index is 0.476. The third-order valence-electron chi connectivity index (χ3n) is 4.97. The number of benzene rings is 2. The molecule has 2 aromatic carbocycles. The van der Waals surface area contributed by atoms with Crippen molar-refractivity contribution in [2.75, 3.05) is 45.7 Å². The Kier molecular flexibility index (Phi) is 7.04. The van der Waals surface area contributed by atoms with E-state index >= 15 is 0 Å². The van der Waals surface area contributed by atoms with Crippen LogP contribution in [-0.4, -0.2) is 55.3 Å². The molecule has 0 atom stereocenters. The van der Waals surface area contributed by atoms with Gasteiger partial charge in [0.2, 0.25) is 0 Å². The van der Waals surface area contributed by atoms with E-state index in [1.165, 1.54) is 12.1 Å². The summed E-state index contributed by atoms with van der Waals surface area (Å²) < 4.78 is 49.3. The fourth-order valence-electron chi connectivity index (χ4n) is 3.31. The number of nitrogens with one attached hydrogen (secondary N) is 1. The highest BCUT2D eigenvalue weighted by Gasteiger charge is 2.30. The van der Waals surface area contributed by atoms with Gasteiger partial charge in [-0.15, -0.1) is 0 Å². The molecular weight excluding hydrogens is 415 g/mol. The molecule has 0 spiro atoms. The molecule has 0 amide bonds. The van der Waals surface area contributed by atoms with Gasteiger partial charge in [0, 0.05) is 38.8 Å². The molecular formula is C21H24F3N3O2S. The third-order valence-corrected chi connectivity index (χ3v) is 5.33. The number of ether oxygens (including phenoxy) is 2. The molecule has 1 aliphatic rings. The number of halogens is 3. The molecule has 0 unspecified atom stereocenters. The monoisotopic (exact) mass is 439 g/mol. The van der Waals surface area contributed by atoms with Crippen LogP contribution in [0, 0.1) is 0 Å². The summed E-state index contributed by atoms with van der Waals surface area (Å²) in [4.78, 5) is 4.17. The van der Waals surface area contributed by atoms with E-state index in [1.807, 2.05) is 17.0 Å². The summed E-state index contributed by atoms with van der Waals surface area (Å²) in [6, 6.07) is 10.9. The number of thiocarbonyl (C=S) groups is 1. The van der Waals surface area contributed by atoms with Gasteiger partial charge in [-0.05, 0) is 36.0 Å². The second-order valence-corrected chi connectivity index (χ2v) is 7.34. The smallest absolute Gasteiger partial charge is 0.416 e. The van der Waals surface area contributed by atoms with Crippen LogP contribution in [0.5, 0.6) is 11.5 Å². The normalized spacial score (nSPS) is 15.0. The van der Waals surface area contributed by atoms with Crippen LogP contribution < -0.4 is 14.8 Å². The Morgan fingerprint density at radius 1 is 1.03 bits per heavy atom. The highest BCUT2D eigenvalue weighted by molar-refractivity contribution is 7.80. The van der Waals surface area contributed by atoms with E-state index in [9.17, 15) is 13.2 Å². The van der Waals surface area contributed by atoms with Crippen molar-refractivity contribution in [2.45, 2.75) is 12.7 Å². The minimum atomic E-state index is -4.32. The van der Waals surface area contributed by atoms with Crippen LogP contribution in [0.2, 0.25) is 0 Å². The molecule has 1 heterocycles. The van der Waals surface area contributed by atoms with Gasteiger partial charge in [-0.25, -0.2) is 0 Å². The molecule has 1 aliphatic heterocycles. The van der Waals surface area contributed by atoms with E-state index in [4.69, 9.17) is 21.7 Å². The zero-order valence-corrected chi connectivity index (χ0v) is 17.6. The van der Waals surface area contributed by atoms with Crippen LogP contribution in [0.4, 0.5) is 18.9 Å². The summed E-state index contributed by atoms with van der Waals surface area (Å²) in [7, 11) is 3.17. The van der Waals surface area contributed by atoms with Gasteiger partial charge < -0.3 is 19.7 Å². The number of hydrogen-bond acceptors (Lipinski definition) is 4. The van der Waals surface area contributed by atoms with Gasteiger partial charge in [-0.1, -0.05) is 18.2 Å². The van der Waals surface area contributed by atoms with Crippen molar-refractivity contribution in [1.82, 2.24) is 9.80 Å². The van der Waals surface area contributed by atoms with Gasteiger partial charge in [-0.3, -0.25) is 4.90 Å². The highest BCUT2D eigenvalue weighted by atomic mass is 32.1. The first-order chi connectivity index (χ1) is 14.3. The molecule has 3 rings (SSSR count). The number of hydrogen-bond donors (Lipinski definition) is 1. The fraction of sp³-hybridized carbons (Fsp3) is 0.381. The number of anilines is 1. The summed E-state index contributed by atoms with van der Waals surface area (Å²) in [6.45, 7) is 3.26. The van der Waals surface area contributed by atoms with Crippen LogP contribution >= 0.6 is 12.2 Å². The molecule has 1 saturated heterocycles. The Hall–Kier alpha value is -2.52. The van der Waals surface area contributed by atoms with Crippen LogP contribution in [0.25, 0.3) is 0 Å². The molecule has 0 aromatic heterocycles. The number of rotatable bonds is 5. The lowest BCUT2D eigenvalue weighted by Gasteiger charge is -2.36. The second-order valence-electron chi connectivity index (χ2n) is 6.96. The van der Waals surface area contributed by atoms with E-state index in [-0.39, 0.29) is 0 Å². The average molecular weight is 440 g/mol. The van der Waals surface area contributed by atoms with Gasteiger partial charge in [0.25, 0.3) is 0 Å². The van der Waals surface area contributed by atoms with Crippen molar-refractivity contribution in [3.05, 3.63) is 53.6 Å². The van der Waals surface area contributed by atoms with Gasteiger partial charge in [-0.2, -0.15) is 13.2 Å². The largest absolute Gasteiger partial charge is 0.497 e. The van der Waals surface area contributed by atoms with Crippen molar-refractivity contribution in [2.24, 2.45) is 0 Å². The Labute approximate surface area is 179 Å². The van der Waals surface area contributed by atoms with Crippen LogP contribution in [0.15, 0.2) is 42.5 Å². The van der Waals surface area contributed by atoms with Crippen molar-refractivity contribution in [3.8, 4) is 11.5 Å². The molecule has 5 nitrogen and oxygen atoms in total. The lowest BCUT2D eigenvalue weighted by Crippen LogP contribution is -2.49. The van der Waals surface area contributed by atoms with E-state index in [2.05, 4.69) is 10.2 Å². The molecule has 0 saturated carbocycles. The average Bonchev–Trinajstić information content (AvgIpc) is 2.74. The Morgan fingerprint density at radius 3 is 2.40 bits per heavy atom. The van der Waals surface area contributed by atoms with Crippen molar-refractivity contribution in [1.29, 1.82) is 0 Å². The Balaban J connectivity index is 1.55. The number of methoxy groups -OCH3 is 2. The van der Waals surface area contributed by atoms with Crippen LogP contribution in [-0.2, 0) is 12.7 Å². The standard InChI is InChI=1S/C21H24F3N3O2S/c1-28-17-6-7-18(19(13-17)29-2)25-20(30)27-10-8-26(9-11-27)14-15-4-3-5-16(12-15)21(22,23)24/h3-7,12-13H,8-11,14H2,1-2H3,(H,25,30). The Bertz CT molecular complexity index is 884. The number of nitrogens with zero attached hydrogens (tertiary/aromatic N) is 2. The Morgan fingerprint density at radius 2 is 1.77 bits per heavy atom. The van der Waals surface area contributed by atoms with Gasteiger partial charge in [0.05, 0.1) is 25.5 Å².